The SMILES string of the molecule is CNCc1ccc(OC)c(CN(CC2CC2)C(C)C)c1. The van der Waals surface area contributed by atoms with Gasteiger partial charge in [-0.25, -0.2) is 0 Å². The van der Waals surface area contributed by atoms with E-state index in [0.29, 0.717) is 6.04 Å². The van der Waals surface area contributed by atoms with Crippen LogP contribution in [0.5, 0.6) is 5.75 Å². The van der Waals surface area contributed by atoms with E-state index in [1.807, 2.05) is 7.05 Å². The van der Waals surface area contributed by atoms with Gasteiger partial charge < -0.3 is 10.1 Å². The molecule has 1 aromatic carbocycles. The van der Waals surface area contributed by atoms with Crippen molar-refractivity contribution in [2.45, 2.75) is 45.8 Å². The lowest BCUT2D eigenvalue weighted by atomic mass is 10.1. The fraction of sp³-hybridized carbons (Fsp3) is 0.647. The van der Waals surface area contributed by atoms with Crippen LogP contribution in [0.2, 0.25) is 0 Å². The van der Waals surface area contributed by atoms with Crippen LogP contribution in [0.4, 0.5) is 0 Å². The number of nitrogens with zero attached hydrogens (tertiary/aromatic N) is 1. The molecule has 0 radical (unpaired) electrons. The van der Waals surface area contributed by atoms with Crippen molar-refractivity contribution < 1.29 is 4.74 Å². The summed E-state index contributed by atoms with van der Waals surface area (Å²) in [5, 5.41) is 3.21. The predicted octanol–water partition coefficient (Wildman–Crippen LogP) is 3.04. The Bertz CT molecular complexity index is 427. The summed E-state index contributed by atoms with van der Waals surface area (Å²) in [6.45, 7) is 7.67. The van der Waals surface area contributed by atoms with Crippen LogP contribution in [-0.2, 0) is 13.1 Å². The fourth-order valence-electron chi connectivity index (χ4n) is 2.58. The molecule has 1 aromatic rings. The highest BCUT2D eigenvalue weighted by Gasteiger charge is 2.26. The normalized spacial score (nSPS) is 15.1. The first-order valence-corrected chi connectivity index (χ1v) is 7.68. The van der Waals surface area contributed by atoms with E-state index < -0.39 is 0 Å². The van der Waals surface area contributed by atoms with Crippen molar-refractivity contribution >= 4 is 0 Å². The summed E-state index contributed by atoms with van der Waals surface area (Å²) in [4.78, 5) is 2.57. The number of benzene rings is 1. The third kappa shape index (κ3) is 4.22. The second-order valence-corrected chi connectivity index (χ2v) is 6.14. The molecule has 3 heteroatoms. The second-order valence-electron chi connectivity index (χ2n) is 6.14. The Balaban J connectivity index is 2.12. The molecule has 0 saturated heterocycles. The molecule has 20 heavy (non-hydrogen) atoms. The first-order chi connectivity index (χ1) is 9.63. The first kappa shape index (κ1) is 15.3. The van der Waals surface area contributed by atoms with E-state index in [4.69, 9.17) is 4.74 Å². The predicted molar refractivity (Wildman–Crippen MR) is 84.0 cm³/mol. The monoisotopic (exact) mass is 276 g/mol. The van der Waals surface area contributed by atoms with Crippen molar-refractivity contribution in [2.24, 2.45) is 5.92 Å². The van der Waals surface area contributed by atoms with Gasteiger partial charge in [0.1, 0.15) is 5.75 Å². The highest BCUT2D eigenvalue weighted by Crippen LogP contribution is 2.31. The fourth-order valence-corrected chi connectivity index (χ4v) is 2.58. The molecule has 1 N–H and O–H groups in total. The minimum Gasteiger partial charge on any atom is -0.496 e. The van der Waals surface area contributed by atoms with E-state index in [1.54, 1.807) is 7.11 Å². The van der Waals surface area contributed by atoms with E-state index in [1.165, 1.54) is 30.5 Å². The van der Waals surface area contributed by atoms with Gasteiger partial charge >= 0.3 is 0 Å². The molecule has 2 rings (SSSR count). The maximum atomic E-state index is 5.53. The Morgan fingerprint density at radius 1 is 1.35 bits per heavy atom. The van der Waals surface area contributed by atoms with Gasteiger partial charge in [-0.1, -0.05) is 6.07 Å². The van der Waals surface area contributed by atoms with Crippen LogP contribution in [0.3, 0.4) is 0 Å². The van der Waals surface area contributed by atoms with Gasteiger partial charge in [0.25, 0.3) is 0 Å². The van der Waals surface area contributed by atoms with Crippen LogP contribution in [0.25, 0.3) is 0 Å². The molecule has 0 aromatic heterocycles. The van der Waals surface area contributed by atoms with E-state index in [9.17, 15) is 0 Å². The minimum absolute atomic E-state index is 0.577. The van der Waals surface area contributed by atoms with E-state index in [2.05, 4.69) is 42.3 Å². The largest absolute Gasteiger partial charge is 0.496 e. The molecule has 0 aliphatic heterocycles. The van der Waals surface area contributed by atoms with Gasteiger partial charge in [-0.3, -0.25) is 4.90 Å². The topological polar surface area (TPSA) is 24.5 Å². The Morgan fingerprint density at radius 2 is 2.10 bits per heavy atom. The third-order valence-electron chi connectivity index (χ3n) is 4.02. The molecule has 0 unspecified atom stereocenters. The number of rotatable bonds is 8. The highest BCUT2D eigenvalue weighted by molar-refractivity contribution is 5.37. The van der Waals surface area contributed by atoms with Crippen LogP contribution >= 0.6 is 0 Å². The Labute approximate surface area is 123 Å². The molecule has 0 spiro atoms. The van der Waals surface area contributed by atoms with Crippen molar-refractivity contribution in [3.8, 4) is 5.75 Å². The number of hydrogen-bond acceptors (Lipinski definition) is 3. The zero-order valence-electron chi connectivity index (χ0n) is 13.3. The van der Waals surface area contributed by atoms with E-state index in [0.717, 1.165) is 24.8 Å². The van der Waals surface area contributed by atoms with Crippen molar-refractivity contribution in [2.75, 3.05) is 20.7 Å². The molecule has 0 amide bonds. The summed E-state index contributed by atoms with van der Waals surface area (Å²) < 4.78 is 5.53. The summed E-state index contributed by atoms with van der Waals surface area (Å²) in [6, 6.07) is 7.09. The highest BCUT2D eigenvalue weighted by atomic mass is 16.5. The van der Waals surface area contributed by atoms with Gasteiger partial charge in [0, 0.05) is 31.2 Å². The number of nitrogens with one attached hydrogen (secondary N) is 1. The number of hydrogen-bond donors (Lipinski definition) is 1. The van der Waals surface area contributed by atoms with E-state index >= 15 is 0 Å². The molecule has 0 heterocycles. The summed E-state index contributed by atoms with van der Waals surface area (Å²) in [6.07, 6.45) is 2.81. The van der Waals surface area contributed by atoms with Crippen LogP contribution < -0.4 is 10.1 Å². The quantitative estimate of drug-likeness (QED) is 0.790. The Morgan fingerprint density at radius 3 is 2.65 bits per heavy atom. The van der Waals surface area contributed by atoms with Crippen LogP contribution in [0, 0.1) is 5.92 Å². The van der Waals surface area contributed by atoms with Gasteiger partial charge in [-0.2, -0.15) is 0 Å². The molecule has 0 atom stereocenters. The number of methoxy groups -OCH3 is 1. The Hall–Kier alpha value is -1.06. The van der Waals surface area contributed by atoms with Gasteiger partial charge in [0.05, 0.1) is 7.11 Å². The second kappa shape index (κ2) is 7.09. The standard InChI is InChI=1S/C17H28N2O/c1-13(2)19(11-14-5-6-14)12-16-9-15(10-18-3)7-8-17(16)20-4/h7-9,13-14,18H,5-6,10-12H2,1-4H3. The zero-order valence-corrected chi connectivity index (χ0v) is 13.3. The molecule has 1 aliphatic carbocycles. The van der Waals surface area contributed by atoms with Gasteiger partial charge in [0.15, 0.2) is 0 Å². The molecule has 1 saturated carbocycles. The van der Waals surface area contributed by atoms with Crippen LogP contribution in [0.15, 0.2) is 18.2 Å². The van der Waals surface area contributed by atoms with Crippen molar-refractivity contribution in [1.82, 2.24) is 10.2 Å². The van der Waals surface area contributed by atoms with Gasteiger partial charge in [0.2, 0.25) is 0 Å². The molecule has 1 fully saturated rings. The minimum atomic E-state index is 0.577. The first-order valence-electron chi connectivity index (χ1n) is 7.68. The molecule has 112 valence electrons. The van der Waals surface area contributed by atoms with Crippen molar-refractivity contribution in [3.63, 3.8) is 0 Å². The summed E-state index contributed by atoms with van der Waals surface area (Å²) in [7, 11) is 3.74. The average molecular weight is 276 g/mol. The zero-order chi connectivity index (χ0) is 14.5. The summed E-state index contributed by atoms with van der Waals surface area (Å²) in [5.74, 6) is 1.93. The number of ether oxygens (including phenoxy) is 1. The molecule has 3 nitrogen and oxygen atoms in total. The lowest BCUT2D eigenvalue weighted by molar-refractivity contribution is 0.201. The van der Waals surface area contributed by atoms with Crippen LogP contribution in [-0.4, -0.2) is 31.6 Å². The molecule has 0 bridgehead atoms. The van der Waals surface area contributed by atoms with Gasteiger partial charge in [-0.05, 0) is 57.4 Å². The lowest BCUT2D eigenvalue weighted by Gasteiger charge is -2.27. The molecular weight excluding hydrogens is 248 g/mol. The molecular formula is C17H28N2O. The summed E-state index contributed by atoms with van der Waals surface area (Å²) >= 11 is 0. The third-order valence-corrected chi connectivity index (χ3v) is 4.02. The average Bonchev–Trinajstić information content (AvgIpc) is 3.22. The van der Waals surface area contributed by atoms with E-state index in [-0.39, 0.29) is 0 Å². The summed E-state index contributed by atoms with van der Waals surface area (Å²) in [5.41, 5.74) is 2.62. The van der Waals surface area contributed by atoms with Crippen molar-refractivity contribution in [3.05, 3.63) is 29.3 Å². The Kier molecular flexibility index (Phi) is 5.44. The van der Waals surface area contributed by atoms with Gasteiger partial charge in [-0.15, -0.1) is 0 Å². The lowest BCUT2D eigenvalue weighted by Crippen LogP contribution is -2.32. The smallest absolute Gasteiger partial charge is 0.123 e. The molecule has 1 aliphatic rings. The van der Waals surface area contributed by atoms with Crippen LogP contribution in [0.1, 0.15) is 37.8 Å². The maximum absolute atomic E-state index is 5.53. The van der Waals surface area contributed by atoms with Crippen molar-refractivity contribution in [1.29, 1.82) is 0 Å². The maximum Gasteiger partial charge on any atom is 0.123 e.